The van der Waals surface area contributed by atoms with Gasteiger partial charge < -0.3 is 5.32 Å². The second-order valence-corrected chi connectivity index (χ2v) is 6.41. The molecule has 0 unspecified atom stereocenters. The van der Waals surface area contributed by atoms with Gasteiger partial charge in [0.2, 0.25) is 5.91 Å². The predicted molar refractivity (Wildman–Crippen MR) is 90.2 cm³/mol. The maximum Gasteiger partial charge on any atom is 0.224 e. The molecule has 0 bridgehead atoms. The van der Waals surface area contributed by atoms with Crippen molar-refractivity contribution in [3.63, 3.8) is 0 Å². The molecule has 0 fully saturated rings. The number of carbonyl (C=O) groups is 1. The first kappa shape index (κ1) is 15.1. The third kappa shape index (κ3) is 3.50. The van der Waals surface area contributed by atoms with Gasteiger partial charge in [0.1, 0.15) is 0 Å². The minimum Gasteiger partial charge on any atom is -0.349 e. The van der Waals surface area contributed by atoms with Crippen molar-refractivity contribution in [3.05, 3.63) is 69.7 Å². The van der Waals surface area contributed by atoms with Crippen LogP contribution in [0.3, 0.4) is 0 Å². The van der Waals surface area contributed by atoms with Crippen molar-refractivity contribution in [2.24, 2.45) is 0 Å². The van der Waals surface area contributed by atoms with Gasteiger partial charge in [-0.25, -0.2) is 0 Å². The maximum absolute atomic E-state index is 12.2. The van der Waals surface area contributed by atoms with Crippen molar-refractivity contribution in [3.8, 4) is 0 Å². The average Bonchev–Trinajstić information content (AvgIpc) is 2.94. The lowest BCUT2D eigenvalue weighted by Gasteiger charge is -2.16. The maximum atomic E-state index is 12.2. The Kier molecular flexibility index (Phi) is 4.49. The number of halogens is 1. The van der Waals surface area contributed by atoms with Crippen LogP contribution in [0.1, 0.15) is 41.6 Å². The van der Waals surface area contributed by atoms with Crippen molar-refractivity contribution in [2.45, 2.75) is 38.6 Å². The van der Waals surface area contributed by atoms with Crippen molar-refractivity contribution < 1.29 is 4.79 Å². The van der Waals surface area contributed by atoms with E-state index in [2.05, 4.69) is 23.5 Å². The SMILES string of the molecule is C[C@@H](NC(=O)Cc1cccc(Cl)c1)c1ccc2c(c1)CCC2. The molecule has 0 saturated carbocycles. The van der Waals surface area contributed by atoms with Gasteiger partial charge >= 0.3 is 0 Å². The third-order valence-corrected chi connectivity index (χ3v) is 4.49. The molecule has 1 N–H and O–H groups in total. The summed E-state index contributed by atoms with van der Waals surface area (Å²) in [6.45, 7) is 2.03. The first-order chi connectivity index (χ1) is 10.6. The van der Waals surface area contributed by atoms with Crippen LogP contribution >= 0.6 is 11.6 Å². The topological polar surface area (TPSA) is 29.1 Å². The summed E-state index contributed by atoms with van der Waals surface area (Å²) >= 11 is 5.95. The number of amides is 1. The number of hydrogen-bond acceptors (Lipinski definition) is 1. The highest BCUT2D eigenvalue weighted by molar-refractivity contribution is 6.30. The van der Waals surface area contributed by atoms with E-state index in [9.17, 15) is 4.79 Å². The fourth-order valence-electron chi connectivity index (χ4n) is 3.07. The molecule has 0 aromatic heterocycles. The third-order valence-electron chi connectivity index (χ3n) is 4.25. The lowest BCUT2D eigenvalue weighted by atomic mass is 10.0. The lowest BCUT2D eigenvalue weighted by molar-refractivity contribution is -0.121. The number of benzene rings is 2. The van der Waals surface area contributed by atoms with Gasteiger partial charge in [-0.1, -0.05) is 41.9 Å². The molecule has 0 saturated heterocycles. The number of carbonyl (C=O) groups excluding carboxylic acids is 1. The molecule has 2 aromatic rings. The van der Waals surface area contributed by atoms with E-state index in [1.807, 2.05) is 31.2 Å². The minimum atomic E-state index is 0.0234. The van der Waals surface area contributed by atoms with E-state index in [0.29, 0.717) is 11.4 Å². The fourth-order valence-corrected chi connectivity index (χ4v) is 3.28. The van der Waals surface area contributed by atoms with Gasteiger partial charge in [0.15, 0.2) is 0 Å². The normalized spacial score (nSPS) is 14.5. The van der Waals surface area contributed by atoms with E-state index in [4.69, 9.17) is 11.6 Å². The molecule has 0 radical (unpaired) electrons. The van der Waals surface area contributed by atoms with Gasteiger partial charge in [0.05, 0.1) is 12.5 Å². The second-order valence-electron chi connectivity index (χ2n) is 5.98. The zero-order chi connectivity index (χ0) is 15.5. The molecule has 2 nitrogen and oxygen atoms in total. The summed E-state index contributed by atoms with van der Waals surface area (Å²) in [5, 5.41) is 3.74. The van der Waals surface area contributed by atoms with Gasteiger partial charge in [-0.15, -0.1) is 0 Å². The summed E-state index contributed by atoms with van der Waals surface area (Å²) in [7, 11) is 0. The van der Waals surface area contributed by atoms with Crippen molar-refractivity contribution >= 4 is 17.5 Å². The number of rotatable bonds is 4. The second kappa shape index (κ2) is 6.53. The van der Waals surface area contributed by atoms with Crippen LogP contribution in [0.5, 0.6) is 0 Å². The Labute approximate surface area is 136 Å². The average molecular weight is 314 g/mol. The highest BCUT2D eigenvalue weighted by Gasteiger charge is 2.15. The van der Waals surface area contributed by atoms with Gasteiger partial charge in [-0.3, -0.25) is 4.79 Å². The Morgan fingerprint density at radius 2 is 2.00 bits per heavy atom. The van der Waals surface area contributed by atoms with Crippen LogP contribution in [-0.4, -0.2) is 5.91 Å². The monoisotopic (exact) mass is 313 g/mol. The highest BCUT2D eigenvalue weighted by atomic mass is 35.5. The van der Waals surface area contributed by atoms with E-state index in [1.54, 1.807) is 0 Å². The largest absolute Gasteiger partial charge is 0.349 e. The Hall–Kier alpha value is -1.80. The Bertz CT molecular complexity index is 696. The number of fused-ring (bicyclic) bond motifs is 1. The first-order valence-corrected chi connectivity index (χ1v) is 8.15. The van der Waals surface area contributed by atoms with E-state index in [1.165, 1.54) is 29.5 Å². The Balaban J connectivity index is 1.63. The molecular formula is C19H20ClNO. The van der Waals surface area contributed by atoms with Gasteiger partial charge in [0, 0.05) is 5.02 Å². The summed E-state index contributed by atoms with van der Waals surface area (Å²) in [5.74, 6) is 0.0234. The zero-order valence-corrected chi connectivity index (χ0v) is 13.5. The van der Waals surface area contributed by atoms with Crippen LogP contribution in [0.2, 0.25) is 5.02 Å². The molecule has 0 aliphatic heterocycles. The standard InChI is InChI=1S/C19H20ClNO/c1-13(16-9-8-15-5-3-6-17(15)12-16)21-19(22)11-14-4-2-7-18(20)10-14/h2,4,7-10,12-13H,3,5-6,11H2,1H3,(H,21,22)/t13-/m1/s1. The summed E-state index contributed by atoms with van der Waals surface area (Å²) in [5.41, 5.74) is 5.01. The van der Waals surface area contributed by atoms with E-state index in [0.717, 1.165) is 12.0 Å². The molecule has 0 heterocycles. The molecule has 1 amide bonds. The molecule has 22 heavy (non-hydrogen) atoms. The molecule has 0 spiro atoms. The van der Waals surface area contributed by atoms with Gasteiger partial charge in [-0.2, -0.15) is 0 Å². The molecule has 114 valence electrons. The minimum absolute atomic E-state index is 0.0234. The van der Waals surface area contributed by atoms with Crippen LogP contribution < -0.4 is 5.32 Å². The first-order valence-electron chi connectivity index (χ1n) is 7.77. The highest BCUT2D eigenvalue weighted by Crippen LogP contribution is 2.25. The van der Waals surface area contributed by atoms with Crippen molar-refractivity contribution in [1.29, 1.82) is 0 Å². The summed E-state index contributed by atoms with van der Waals surface area (Å²) < 4.78 is 0. The number of nitrogens with one attached hydrogen (secondary N) is 1. The lowest BCUT2D eigenvalue weighted by Crippen LogP contribution is -2.28. The molecule has 3 heteroatoms. The van der Waals surface area contributed by atoms with Gasteiger partial charge in [0.25, 0.3) is 0 Å². The molecule has 2 aromatic carbocycles. The van der Waals surface area contributed by atoms with E-state index >= 15 is 0 Å². The Morgan fingerprint density at radius 1 is 1.18 bits per heavy atom. The molecule has 1 atom stereocenters. The van der Waals surface area contributed by atoms with Gasteiger partial charge in [-0.05, 0) is 60.6 Å². The van der Waals surface area contributed by atoms with Crippen LogP contribution in [0.25, 0.3) is 0 Å². The van der Waals surface area contributed by atoms with Crippen molar-refractivity contribution in [2.75, 3.05) is 0 Å². The zero-order valence-electron chi connectivity index (χ0n) is 12.7. The summed E-state index contributed by atoms with van der Waals surface area (Å²) in [6.07, 6.45) is 3.95. The van der Waals surface area contributed by atoms with E-state index in [-0.39, 0.29) is 11.9 Å². The number of aryl methyl sites for hydroxylation is 2. The van der Waals surface area contributed by atoms with E-state index < -0.39 is 0 Å². The molecule has 1 aliphatic carbocycles. The van der Waals surface area contributed by atoms with Crippen LogP contribution in [0.15, 0.2) is 42.5 Å². The number of hydrogen-bond donors (Lipinski definition) is 1. The molecular weight excluding hydrogens is 294 g/mol. The molecule has 3 rings (SSSR count). The Morgan fingerprint density at radius 3 is 2.82 bits per heavy atom. The van der Waals surface area contributed by atoms with Crippen molar-refractivity contribution in [1.82, 2.24) is 5.32 Å². The predicted octanol–water partition coefficient (Wildman–Crippen LogP) is 4.25. The van der Waals surface area contributed by atoms with Crippen LogP contribution in [0.4, 0.5) is 0 Å². The van der Waals surface area contributed by atoms with Crippen LogP contribution in [-0.2, 0) is 24.1 Å². The fraction of sp³-hybridized carbons (Fsp3) is 0.316. The molecule has 1 aliphatic rings. The summed E-state index contributed by atoms with van der Waals surface area (Å²) in [4.78, 5) is 12.2. The van der Waals surface area contributed by atoms with Crippen LogP contribution in [0, 0.1) is 0 Å². The smallest absolute Gasteiger partial charge is 0.224 e. The summed E-state index contributed by atoms with van der Waals surface area (Å²) in [6, 6.07) is 14.0. The quantitative estimate of drug-likeness (QED) is 0.898.